The van der Waals surface area contributed by atoms with Crippen molar-refractivity contribution in [1.29, 1.82) is 0 Å². The van der Waals surface area contributed by atoms with Gasteiger partial charge in [-0.2, -0.15) is 0 Å². The quantitative estimate of drug-likeness (QED) is 0.401. The third-order valence-corrected chi connectivity index (χ3v) is 4.97. The van der Waals surface area contributed by atoms with Crippen LogP contribution in [0.4, 0.5) is 11.5 Å². The summed E-state index contributed by atoms with van der Waals surface area (Å²) in [4.78, 5) is 21.2. The van der Waals surface area contributed by atoms with Crippen LogP contribution in [0.1, 0.15) is 5.69 Å². The summed E-state index contributed by atoms with van der Waals surface area (Å²) in [6, 6.07) is 18.0. The van der Waals surface area contributed by atoms with Crippen molar-refractivity contribution in [3.8, 4) is 11.4 Å². The van der Waals surface area contributed by atoms with Gasteiger partial charge in [-0.1, -0.05) is 28.1 Å². The largest absolute Gasteiger partial charge is 0.340 e. The first kappa shape index (κ1) is 16.8. The zero-order valence-electron chi connectivity index (χ0n) is 14.9. The molecule has 0 aliphatic heterocycles. The minimum absolute atomic E-state index is 0.677. The van der Waals surface area contributed by atoms with Gasteiger partial charge in [-0.25, -0.2) is 19.9 Å². The van der Waals surface area contributed by atoms with Gasteiger partial charge in [0.15, 0.2) is 5.65 Å². The normalized spacial score (nSPS) is 11.2. The maximum atomic E-state index is 4.69. The van der Waals surface area contributed by atoms with Crippen molar-refractivity contribution < 1.29 is 0 Å². The zero-order valence-corrected chi connectivity index (χ0v) is 16.5. The fourth-order valence-electron chi connectivity index (χ4n) is 3.14. The molecule has 0 amide bonds. The van der Waals surface area contributed by atoms with Crippen molar-refractivity contribution in [2.45, 2.75) is 6.92 Å². The van der Waals surface area contributed by atoms with Crippen molar-refractivity contribution in [1.82, 2.24) is 24.9 Å². The van der Waals surface area contributed by atoms with Gasteiger partial charge in [0, 0.05) is 21.4 Å². The molecule has 0 radical (unpaired) electrons. The monoisotopic (exact) mass is 430 g/mol. The minimum atomic E-state index is 0.677. The Kier molecular flexibility index (Phi) is 4.02. The van der Waals surface area contributed by atoms with E-state index in [0.29, 0.717) is 5.65 Å². The van der Waals surface area contributed by atoms with Crippen molar-refractivity contribution in [3.05, 3.63) is 71.1 Å². The van der Waals surface area contributed by atoms with E-state index in [1.54, 1.807) is 0 Å². The van der Waals surface area contributed by atoms with E-state index in [4.69, 9.17) is 4.98 Å². The van der Waals surface area contributed by atoms with E-state index in [0.717, 1.165) is 49.5 Å². The molecule has 0 fully saturated rings. The summed E-state index contributed by atoms with van der Waals surface area (Å²) in [6.45, 7) is 1.95. The van der Waals surface area contributed by atoms with Crippen LogP contribution >= 0.6 is 15.9 Å². The highest BCUT2D eigenvalue weighted by Gasteiger charge is 2.09. The molecule has 5 rings (SSSR count). The van der Waals surface area contributed by atoms with Gasteiger partial charge >= 0.3 is 0 Å². The molecule has 3 aromatic heterocycles. The number of pyridine rings is 1. The van der Waals surface area contributed by atoms with Crippen molar-refractivity contribution >= 4 is 49.5 Å². The third kappa shape index (κ3) is 3.10. The van der Waals surface area contributed by atoms with Crippen molar-refractivity contribution in [3.63, 3.8) is 0 Å². The molecule has 0 unspecified atom stereocenters. The van der Waals surface area contributed by atoms with Crippen LogP contribution in [0, 0.1) is 6.92 Å². The SMILES string of the molecule is Cc1ccc2c(Nc3cccc(-c4nc5ccc(Br)cc5[nH]4)c3)ncnc2n1. The predicted octanol–water partition coefficient (Wildman–Crippen LogP) is 5.38. The molecule has 28 heavy (non-hydrogen) atoms. The lowest BCUT2D eigenvalue weighted by atomic mass is 10.2. The Morgan fingerprint density at radius 3 is 2.82 bits per heavy atom. The van der Waals surface area contributed by atoms with Gasteiger partial charge in [-0.05, 0) is 49.4 Å². The van der Waals surface area contributed by atoms with E-state index in [-0.39, 0.29) is 0 Å². The molecule has 3 heterocycles. The highest BCUT2D eigenvalue weighted by molar-refractivity contribution is 9.10. The highest BCUT2D eigenvalue weighted by atomic mass is 79.9. The molecule has 0 atom stereocenters. The second kappa shape index (κ2) is 6.69. The Balaban J connectivity index is 1.52. The molecular formula is C21H15BrN6. The first-order valence-electron chi connectivity index (χ1n) is 8.77. The number of anilines is 2. The van der Waals surface area contributed by atoms with Crippen LogP contribution in [-0.4, -0.2) is 24.9 Å². The molecule has 6 nitrogen and oxygen atoms in total. The number of benzene rings is 2. The Morgan fingerprint density at radius 1 is 0.964 bits per heavy atom. The summed E-state index contributed by atoms with van der Waals surface area (Å²) < 4.78 is 1.02. The smallest absolute Gasteiger partial charge is 0.164 e. The Hall–Kier alpha value is -3.32. The number of aromatic nitrogens is 5. The molecule has 0 saturated carbocycles. The molecule has 0 aliphatic carbocycles. The second-order valence-electron chi connectivity index (χ2n) is 6.50. The maximum absolute atomic E-state index is 4.69. The summed E-state index contributed by atoms with van der Waals surface area (Å²) >= 11 is 3.50. The van der Waals surface area contributed by atoms with Crippen LogP contribution in [0.25, 0.3) is 33.5 Å². The molecular weight excluding hydrogens is 416 g/mol. The van der Waals surface area contributed by atoms with Crippen LogP contribution in [0.3, 0.4) is 0 Å². The first-order valence-corrected chi connectivity index (χ1v) is 9.56. The number of H-pyrrole nitrogens is 1. The lowest BCUT2D eigenvalue weighted by Crippen LogP contribution is -1.98. The van der Waals surface area contributed by atoms with Crippen molar-refractivity contribution in [2.24, 2.45) is 0 Å². The Bertz CT molecular complexity index is 1330. The highest BCUT2D eigenvalue weighted by Crippen LogP contribution is 2.27. The molecule has 0 spiro atoms. The van der Waals surface area contributed by atoms with Gasteiger partial charge < -0.3 is 10.3 Å². The molecule has 2 N–H and O–H groups in total. The molecule has 0 saturated heterocycles. The fraction of sp³-hybridized carbons (Fsp3) is 0.0476. The number of hydrogen-bond donors (Lipinski definition) is 2. The molecule has 2 aromatic carbocycles. The zero-order chi connectivity index (χ0) is 19.1. The molecule has 0 bridgehead atoms. The predicted molar refractivity (Wildman–Crippen MR) is 115 cm³/mol. The number of imidazole rings is 1. The number of halogens is 1. The molecule has 136 valence electrons. The van der Waals surface area contributed by atoms with E-state index in [2.05, 4.69) is 41.2 Å². The Labute approximate surface area is 169 Å². The average molecular weight is 431 g/mol. The number of nitrogens with zero attached hydrogens (tertiary/aromatic N) is 4. The first-order chi connectivity index (χ1) is 13.7. The lowest BCUT2D eigenvalue weighted by molar-refractivity contribution is 1.15. The van der Waals surface area contributed by atoms with Gasteiger partial charge in [0.05, 0.1) is 16.4 Å². The fourth-order valence-corrected chi connectivity index (χ4v) is 3.50. The summed E-state index contributed by atoms with van der Waals surface area (Å²) in [5.74, 6) is 1.55. The van der Waals surface area contributed by atoms with Gasteiger partial charge in [-0.3, -0.25) is 0 Å². The van der Waals surface area contributed by atoms with Gasteiger partial charge in [0.2, 0.25) is 0 Å². The average Bonchev–Trinajstić information content (AvgIpc) is 3.11. The van der Waals surface area contributed by atoms with E-state index < -0.39 is 0 Å². The van der Waals surface area contributed by atoms with Gasteiger partial charge in [-0.15, -0.1) is 0 Å². The summed E-state index contributed by atoms with van der Waals surface area (Å²) in [6.07, 6.45) is 1.53. The lowest BCUT2D eigenvalue weighted by Gasteiger charge is -2.09. The van der Waals surface area contributed by atoms with Crippen LogP contribution in [-0.2, 0) is 0 Å². The third-order valence-electron chi connectivity index (χ3n) is 4.48. The van der Waals surface area contributed by atoms with E-state index in [9.17, 15) is 0 Å². The van der Waals surface area contributed by atoms with Crippen LogP contribution in [0.5, 0.6) is 0 Å². The number of nitrogens with one attached hydrogen (secondary N) is 2. The van der Waals surface area contributed by atoms with E-state index in [1.165, 1.54) is 6.33 Å². The standard InChI is InChI=1S/C21H15BrN6/c1-12-5-7-16-20(25-12)23-11-24-21(16)26-15-4-2-3-13(9-15)19-27-17-8-6-14(22)10-18(17)28-19/h2-11H,1H3,(H,27,28)(H,23,24,25,26). The molecule has 0 aliphatic rings. The summed E-state index contributed by atoms with van der Waals surface area (Å²) in [7, 11) is 0. The molecule has 7 heteroatoms. The van der Waals surface area contributed by atoms with Gasteiger partial charge in [0.25, 0.3) is 0 Å². The van der Waals surface area contributed by atoms with Crippen molar-refractivity contribution in [2.75, 3.05) is 5.32 Å². The number of aromatic amines is 1. The topological polar surface area (TPSA) is 79.4 Å². The van der Waals surface area contributed by atoms with Crippen LogP contribution < -0.4 is 5.32 Å². The van der Waals surface area contributed by atoms with E-state index >= 15 is 0 Å². The van der Waals surface area contributed by atoms with Crippen LogP contribution in [0.2, 0.25) is 0 Å². The maximum Gasteiger partial charge on any atom is 0.164 e. The molecule has 5 aromatic rings. The number of rotatable bonds is 3. The second-order valence-corrected chi connectivity index (χ2v) is 7.41. The summed E-state index contributed by atoms with van der Waals surface area (Å²) in [5.41, 5.74) is 5.43. The summed E-state index contributed by atoms with van der Waals surface area (Å²) in [5, 5.41) is 4.26. The Morgan fingerprint density at radius 2 is 1.89 bits per heavy atom. The minimum Gasteiger partial charge on any atom is -0.340 e. The van der Waals surface area contributed by atoms with Gasteiger partial charge in [0.1, 0.15) is 18.0 Å². The number of hydrogen-bond acceptors (Lipinski definition) is 5. The van der Waals surface area contributed by atoms with Crippen LogP contribution in [0.15, 0.2) is 65.4 Å². The number of fused-ring (bicyclic) bond motifs is 2. The number of aryl methyl sites for hydroxylation is 1. The van der Waals surface area contributed by atoms with E-state index in [1.807, 2.05) is 61.5 Å².